The fourth-order valence-electron chi connectivity index (χ4n) is 3.76. The molecule has 1 aliphatic rings. The SMILES string of the molecule is [C-]#[N+]c1cc(C)c(Oc2cc(Nc3ccc(N4CCO[C@H](C)C4)nn3)c3ncn(C)c3n2)cn1. The van der Waals surface area contributed by atoms with E-state index in [1.807, 2.05) is 37.6 Å². The Kier molecular flexibility index (Phi) is 5.65. The van der Waals surface area contributed by atoms with Gasteiger partial charge in [-0.3, -0.25) is 0 Å². The summed E-state index contributed by atoms with van der Waals surface area (Å²) >= 11 is 0. The number of ether oxygens (including phenoxy) is 2. The second kappa shape index (κ2) is 8.92. The van der Waals surface area contributed by atoms with Crippen LogP contribution in [0, 0.1) is 13.5 Å². The molecule has 0 radical (unpaired) electrons. The molecule has 0 aromatic carbocycles. The van der Waals surface area contributed by atoms with Gasteiger partial charge in [0.05, 0.1) is 24.7 Å². The van der Waals surface area contributed by atoms with Crippen LogP contribution in [-0.4, -0.2) is 55.5 Å². The third-order valence-corrected chi connectivity index (χ3v) is 5.50. The molecule has 0 saturated carbocycles. The van der Waals surface area contributed by atoms with Crippen LogP contribution in [0.4, 0.5) is 23.1 Å². The lowest BCUT2D eigenvalue weighted by atomic mass is 10.2. The van der Waals surface area contributed by atoms with E-state index in [2.05, 4.69) is 40.2 Å². The van der Waals surface area contributed by atoms with Gasteiger partial charge in [-0.1, -0.05) is 6.57 Å². The summed E-state index contributed by atoms with van der Waals surface area (Å²) in [5.74, 6) is 2.60. The van der Waals surface area contributed by atoms with Crippen molar-refractivity contribution >= 4 is 34.3 Å². The predicted octanol–water partition coefficient (Wildman–Crippen LogP) is 3.77. The highest BCUT2D eigenvalue weighted by atomic mass is 16.5. The van der Waals surface area contributed by atoms with Crippen LogP contribution in [0.15, 0.2) is 36.8 Å². The Labute approximate surface area is 196 Å². The number of nitrogens with one attached hydrogen (secondary N) is 1. The minimum Gasteiger partial charge on any atom is -0.435 e. The molecule has 0 amide bonds. The average Bonchev–Trinajstić information content (AvgIpc) is 3.22. The van der Waals surface area contributed by atoms with Gasteiger partial charge in [-0.2, -0.15) is 4.98 Å². The van der Waals surface area contributed by atoms with E-state index in [1.165, 1.54) is 6.20 Å². The lowest BCUT2D eigenvalue weighted by Gasteiger charge is -2.31. The summed E-state index contributed by atoms with van der Waals surface area (Å²) < 4.78 is 13.4. The van der Waals surface area contributed by atoms with Crippen LogP contribution in [0.3, 0.4) is 0 Å². The molecular weight excluding hydrogens is 434 g/mol. The van der Waals surface area contributed by atoms with Gasteiger partial charge in [0, 0.05) is 26.2 Å². The monoisotopic (exact) mass is 457 g/mol. The lowest BCUT2D eigenvalue weighted by molar-refractivity contribution is 0.0529. The Bertz CT molecular complexity index is 1380. The van der Waals surface area contributed by atoms with E-state index >= 15 is 0 Å². The van der Waals surface area contributed by atoms with Gasteiger partial charge in [0.25, 0.3) is 5.82 Å². The first-order valence-corrected chi connectivity index (χ1v) is 10.8. The molecule has 4 aromatic rings. The van der Waals surface area contributed by atoms with Crippen LogP contribution >= 0.6 is 0 Å². The highest BCUT2D eigenvalue weighted by Gasteiger charge is 2.19. The third kappa shape index (κ3) is 4.31. The number of rotatable bonds is 5. The molecule has 34 heavy (non-hydrogen) atoms. The second-order valence-electron chi connectivity index (χ2n) is 8.09. The largest absolute Gasteiger partial charge is 0.435 e. The standard InChI is InChI=1S/C23H23N9O2/c1-14-9-19(24-3)25-11-17(14)34-21-10-16(22-23(28-21)31(4)13-26-22)27-18-5-6-20(30-29-18)32-7-8-33-15(2)12-32/h5-6,9-11,13,15H,7-8,12H2,1-2,4H3,(H,27,28,29)/t15-/m1/s1. The molecule has 5 rings (SSSR count). The molecular formula is C23H23N9O2. The maximum atomic E-state index is 7.12. The van der Waals surface area contributed by atoms with Crippen molar-refractivity contribution in [3.8, 4) is 11.6 Å². The van der Waals surface area contributed by atoms with Crippen molar-refractivity contribution < 1.29 is 9.47 Å². The second-order valence-corrected chi connectivity index (χ2v) is 8.09. The summed E-state index contributed by atoms with van der Waals surface area (Å²) in [7, 11) is 1.87. The van der Waals surface area contributed by atoms with E-state index in [0.717, 1.165) is 24.5 Å². The minimum absolute atomic E-state index is 0.164. The normalized spacial score (nSPS) is 15.8. The number of aryl methyl sites for hydroxylation is 2. The molecule has 11 heteroatoms. The van der Waals surface area contributed by atoms with Crippen molar-refractivity contribution in [2.45, 2.75) is 20.0 Å². The number of pyridine rings is 2. The maximum Gasteiger partial charge on any atom is 0.269 e. The van der Waals surface area contributed by atoms with Crippen LogP contribution in [0.1, 0.15) is 12.5 Å². The van der Waals surface area contributed by atoms with Gasteiger partial charge in [0.2, 0.25) is 5.88 Å². The van der Waals surface area contributed by atoms with Gasteiger partial charge >= 0.3 is 0 Å². The first-order chi connectivity index (χ1) is 16.5. The number of hydrogen-bond acceptors (Lipinski definition) is 9. The highest BCUT2D eigenvalue weighted by molar-refractivity contribution is 5.88. The first kappa shape index (κ1) is 21.5. The smallest absolute Gasteiger partial charge is 0.269 e. The maximum absolute atomic E-state index is 7.12. The molecule has 1 saturated heterocycles. The Balaban J connectivity index is 1.42. The minimum atomic E-state index is 0.164. The van der Waals surface area contributed by atoms with Crippen molar-refractivity contribution in [2.24, 2.45) is 7.05 Å². The Morgan fingerprint density at radius 3 is 2.85 bits per heavy atom. The molecule has 11 nitrogen and oxygen atoms in total. The van der Waals surface area contributed by atoms with Crippen molar-refractivity contribution in [3.05, 3.63) is 53.8 Å². The van der Waals surface area contributed by atoms with E-state index in [-0.39, 0.29) is 6.10 Å². The number of nitrogens with zero attached hydrogens (tertiary/aromatic N) is 8. The Hall–Kier alpha value is -4.30. The molecule has 1 aliphatic heterocycles. The van der Waals surface area contributed by atoms with Gasteiger partial charge in [-0.25, -0.2) is 4.98 Å². The predicted molar refractivity (Wildman–Crippen MR) is 127 cm³/mol. The van der Waals surface area contributed by atoms with Gasteiger partial charge in [0.15, 0.2) is 29.2 Å². The number of aromatic nitrogens is 6. The molecule has 0 aliphatic carbocycles. The van der Waals surface area contributed by atoms with Crippen LogP contribution in [0.25, 0.3) is 16.0 Å². The van der Waals surface area contributed by atoms with Gasteiger partial charge in [-0.05, 0) is 37.6 Å². The van der Waals surface area contributed by atoms with Crippen molar-refractivity contribution in [1.82, 2.24) is 29.7 Å². The lowest BCUT2D eigenvalue weighted by Crippen LogP contribution is -2.41. The number of hydrogen-bond donors (Lipinski definition) is 1. The molecule has 1 atom stereocenters. The van der Waals surface area contributed by atoms with Crippen LogP contribution in [0.5, 0.6) is 11.6 Å². The van der Waals surface area contributed by atoms with E-state index in [0.29, 0.717) is 46.7 Å². The van der Waals surface area contributed by atoms with E-state index < -0.39 is 0 Å². The first-order valence-electron chi connectivity index (χ1n) is 10.8. The molecule has 1 N–H and O–H groups in total. The molecule has 172 valence electrons. The summed E-state index contributed by atoms with van der Waals surface area (Å²) in [4.78, 5) is 18.7. The zero-order chi connectivity index (χ0) is 23.7. The Morgan fingerprint density at radius 2 is 2.12 bits per heavy atom. The molecule has 0 spiro atoms. The summed E-state index contributed by atoms with van der Waals surface area (Å²) in [5, 5.41) is 12.0. The van der Waals surface area contributed by atoms with Crippen molar-refractivity contribution in [3.63, 3.8) is 0 Å². The molecule has 0 bridgehead atoms. The Morgan fingerprint density at radius 1 is 1.24 bits per heavy atom. The van der Waals surface area contributed by atoms with E-state index in [4.69, 9.17) is 16.0 Å². The fourth-order valence-corrected chi connectivity index (χ4v) is 3.76. The van der Waals surface area contributed by atoms with Crippen molar-refractivity contribution in [1.29, 1.82) is 0 Å². The van der Waals surface area contributed by atoms with Crippen LogP contribution < -0.4 is 15.0 Å². The molecule has 1 fully saturated rings. The zero-order valence-electron chi connectivity index (χ0n) is 19.1. The average molecular weight is 457 g/mol. The fraction of sp³-hybridized carbons (Fsp3) is 0.304. The van der Waals surface area contributed by atoms with E-state index in [1.54, 1.807) is 18.5 Å². The molecule has 0 unspecified atom stereocenters. The number of fused-ring (bicyclic) bond motifs is 1. The summed E-state index contributed by atoms with van der Waals surface area (Å²) in [6, 6.07) is 7.26. The third-order valence-electron chi connectivity index (χ3n) is 5.50. The van der Waals surface area contributed by atoms with Gasteiger partial charge in [0.1, 0.15) is 5.52 Å². The van der Waals surface area contributed by atoms with E-state index in [9.17, 15) is 0 Å². The highest BCUT2D eigenvalue weighted by Crippen LogP contribution is 2.31. The van der Waals surface area contributed by atoms with Crippen LogP contribution in [0.2, 0.25) is 0 Å². The molecule has 4 aromatic heterocycles. The van der Waals surface area contributed by atoms with Crippen molar-refractivity contribution in [2.75, 3.05) is 29.9 Å². The number of anilines is 3. The zero-order valence-corrected chi connectivity index (χ0v) is 19.1. The number of imidazole rings is 1. The van der Waals surface area contributed by atoms with Gasteiger partial charge < -0.3 is 29.1 Å². The number of morpholine rings is 1. The molecule has 5 heterocycles. The quantitative estimate of drug-likeness (QED) is 0.448. The topological polar surface area (TPSA) is 107 Å². The summed E-state index contributed by atoms with van der Waals surface area (Å²) in [6.45, 7) is 13.3. The van der Waals surface area contributed by atoms with Gasteiger partial charge in [-0.15, -0.1) is 15.2 Å². The van der Waals surface area contributed by atoms with Crippen LogP contribution in [-0.2, 0) is 11.8 Å². The summed E-state index contributed by atoms with van der Waals surface area (Å²) in [5.41, 5.74) is 2.81. The summed E-state index contributed by atoms with van der Waals surface area (Å²) in [6.07, 6.45) is 3.39.